The molecule has 4 rings (SSSR count). The molecule has 1 saturated heterocycles. The van der Waals surface area contributed by atoms with Crippen molar-refractivity contribution in [2.45, 2.75) is 38.9 Å². The molecule has 3 aromatic heterocycles. The summed E-state index contributed by atoms with van der Waals surface area (Å²) in [6.45, 7) is 4.27. The monoisotopic (exact) mass is 349 g/mol. The molecule has 134 valence electrons. The molecule has 26 heavy (non-hydrogen) atoms. The zero-order valence-electron chi connectivity index (χ0n) is 15.0. The minimum Gasteiger partial charge on any atom is -0.339 e. The van der Waals surface area contributed by atoms with Gasteiger partial charge in [-0.1, -0.05) is 0 Å². The third kappa shape index (κ3) is 3.40. The van der Waals surface area contributed by atoms with Crippen molar-refractivity contribution in [1.82, 2.24) is 24.2 Å². The number of nitrogens with zero attached hydrogens (tertiary/aromatic N) is 5. The molecule has 1 aliphatic heterocycles. The topological polar surface area (TPSA) is 56.0 Å². The van der Waals surface area contributed by atoms with Crippen molar-refractivity contribution in [2.24, 2.45) is 0 Å². The summed E-state index contributed by atoms with van der Waals surface area (Å²) in [5.74, 6) is 0.107. The number of hydrogen-bond acceptors (Lipinski definition) is 3. The highest BCUT2D eigenvalue weighted by Gasteiger charge is 2.31. The Balaban J connectivity index is 1.51. The van der Waals surface area contributed by atoms with Gasteiger partial charge in [0.2, 0.25) is 0 Å². The Labute approximate surface area is 153 Å². The van der Waals surface area contributed by atoms with E-state index in [1.807, 2.05) is 63.9 Å². The Morgan fingerprint density at radius 2 is 2.12 bits per heavy atom. The Kier molecular flexibility index (Phi) is 4.56. The van der Waals surface area contributed by atoms with Crippen LogP contribution in [0.1, 0.15) is 34.5 Å². The van der Waals surface area contributed by atoms with E-state index < -0.39 is 0 Å². The van der Waals surface area contributed by atoms with Gasteiger partial charge in [-0.2, -0.15) is 5.10 Å². The minimum atomic E-state index is 0.107. The molecule has 0 radical (unpaired) electrons. The second-order valence-electron chi connectivity index (χ2n) is 6.91. The molecule has 0 bridgehead atoms. The molecular formula is C20H23N5O. The van der Waals surface area contributed by atoms with Gasteiger partial charge in [-0.25, -0.2) is 0 Å². The van der Waals surface area contributed by atoms with Crippen molar-refractivity contribution in [3.05, 3.63) is 72.1 Å². The molecule has 1 aliphatic rings. The summed E-state index contributed by atoms with van der Waals surface area (Å²) in [6.07, 6.45) is 11.5. The van der Waals surface area contributed by atoms with Crippen molar-refractivity contribution in [3.63, 3.8) is 0 Å². The van der Waals surface area contributed by atoms with E-state index in [0.717, 1.165) is 42.8 Å². The number of aromatic nitrogens is 4. The van der Waals surface area contributed by atoms with Gasteiger partial charge in [0.25, 0.3) is 5.91 Å². The van der Waals surface area contributed by atoms with Crippen LogP contribution in [0, 0.1) is 6.92 Å². The Morgan fingerprint density at radius 3 is 2.88 bits per heavy atom. The maximum absolute atomic E-state index is 13.2. The summed E-state index contributed by atoms with van der Waals surface area (Å²) in [7, 11) is 0. The van der Waals surface area contributed by atoms with E-state index in [4.69, 9.17) is 0 Å². The number of hydrogen-bond donors (Lipinski definition) is 0. The molecule has 6 nitrogen and oxygen atoms in total. The lowest BCUT2D eigenvalue weighted by molar-refractivity contribution is 0.0711. The summed E-state index contributed by atoms with van der Waals surface area (Å²) in [5.41, 5.74) is 3.02. The molecule has 4 heterocycles. The van der Waals surface area contributed by atoms with E-state index in [1.165, 1.54) is 0 Å². The van der Waals surface area contributed by atoms with Crippen molar-refractivity contribution in [3.8, 4) is 0 Å². The van der Waals surface area contributed by atoms with Crippen LogP contribution < -0.4 is 0 Å². The van der Waals surface area contributed by atoms with Crippen LogP contribution >= 0.6 is 0 Å². The smallest absolute Gasteiger partial charge is 0.270 e. The summed E-state index contributed by atoms with van der Waals surface area (Å²) in [6, 6.07) is 8.01. The summed E-state index contributed by atoms with van der Waals surface area (Å²) < 4.78 is 3.97. The molecule has 0 aromatic carbocycles. The Hall–Kier alpha value is -2.89. The van der Waals surface area contributed by atoms with Crippen LogP contribution in [0.25, 0.3) is 0 Å². The summed E-state index contributed by atoms with van der Waals surface area (Å²) in [4.78, 5) is 19.3. The van der Waals surface area contributed by atoms with Crippen molar-refractivity contribution >= 4 is 5.91 Å². The van der Waals surface area contributed by atoms with Gasteiger partial charge >= 0.3 is 0 Å². The number of carbonyl (C=O) groups excluding carboxylic acids is 1. The number of likely N-dealkylation sites (tertiary alicyclic amines) is 1. The van der Waals surface area contributed by atoms with Gasteiger partial charge in [0.15, 0.2) is 0 Å². The molecule has 1 atom stereocenters. The van der Waals surface area contributed by atoms with Crippen LogP contribution in [0.5, 0.6) is 0 Å². The predicted octanol–water partition coefficient (Wildman–Crippen LogP) is 2.74. The van der Waals surface area contributed by atoms with E-state index in [2.05, 4.69) is 10.1 Å². The number of rotatable bonds is 5. The molecule has 1 amide bonds. The highest BCUT2D eigenvalue weighted by atomic mass is 16.2. The molecule has 3 aromatic rings. The van der Waals surface area contributed by atoms with Gasteiger partial charge in [-0.05, 0) is 55.2 Å². The molecule has 1 fully saturated rings. The average molecular weight is 349 g/mol. The standard InChI is InChI=1S/C20H23N5O/c1-16-12-22-24(13-16)15-18-4-2-11-25(18)20(26)19-5-3-10-23(19)14-17-6-8-21-9-7-17/h3,5-10,12-13,18H,2,4,11,14-15H2,1H3. The lowest BCUT2D eigenvalue weighted by Gasteiger charge is -2.25. The second-order valence-corrected chi connectivity index (χ2v) is 6.91. The van der Waals surface area contributed by atoms with E-state index in [-0.39, 0.29) is 11.9 Å². The Morgan fingerprint density at radius 1 is 1.27 bits per heavy atom. The first-order valence-corrected chi connectivity index (χ1v) is 9.05. The Bertz CT molecular complexity index is 883. The largest absolute Gasteiger partial charge is 0.339 e. The average Bonchev–Trinajstić information content (AvgIpc) is 3.38. The zero-order valence-corrected chi connectivity index (χ0v) is 15.0. The second kappa shape index (κ2) is 7.15. The zero-order chi connectivity index (χ0) is 17.9. The van der Waals surface area contributed by atoms with Crippen LogP contribution in [-0.2, 0) is 13.1 Å². The predicted molar refractivity (Wildman–Crippen MR) is 98.8 cm³/mol. The first-order valence-electron chi connectivity index (χ1n) is 9.05. The fraction of sp³-hybridized carbons (Fsp3) is 0.350. The number of amides is 1. The van der Waals surface area contributed by atoms with E-state index in [0.29, 0.717) is 6.54 Å². The SMILES string of the molecule is Cc1cnn(CC2CCCN2C(=O)c2cccn2Cc2ccncc2)c1. The van der Waals surface area contributed by atoms with Crippen LogP contribution in [0.2, 0.25) is 0 Å². The van der Waals surface area contributed by atoms with Crippen molar-refractivity contribution < 1.29 is 4.79 Å². The number of aryl methyl sites for hydroxylation is 1. The first-order chi connectivity index (χ1) is 12.7. The van der Waals surface area contributed by atoms with E-state index >= 15 is 0 Å². The molecule has 0 spiro atoms. The van der Waals surface area contributed by atoms with Gasteiger partial charge in [-0.15, -0.1) is 0 Å². The van der Waals surface area contributed by atoms with Gasteiger partial charge in [0.1, 0.15) is 5.69 Å². The molecule has 0 saturated carbocycles. The van der Waals surface area contributed by atoms with Crippen molar-refractivity contribution in [1.29, 1.82) is 0 Å². The summed E-state index contributed by atoms with van der Waals surface area (Å²) in [5, 5.41) is 4.38. The minimum absolute atomic E-state index is 0.107. The lowest BCUT2D eigenvalue weighted by atomic mass is 10.2. The fourth-order valence-corrected chi connectivity index (χ4v) is 3.65. The van der Waals surface area contributed by atoms with Crippen molar-refractivity contribution in [2.75, 3.05) is 6.54 Å². The van der Waals surface area contributed by atoms with E-state index in [9.17, 15) is 4.79 Å². The molecule has 1 unspecified atom stereocenters. The van der Waals surface area contributed by atoms with Crippen LogP contribution in [0.4, 0.5) is 0 Å². The van der Waals surface area contributed by atoms with Gasteiger partial charge in [-0.3, -0.25) is 14.5 Å². The van der Waals surface area contributed by atoms with Crippen LogP contribution in [0.3, 0.4) is 0 Å². The number of pyridine rings is 1. The lowest BCUT2D eigenvalue weighted by Crippen LogP contribution is -2.39. The molecular weight excluding hydrogens is 326 g/mol. The maximum atomic E-state index is 13.2. The van der Waals surface area contributed by atoms with Crippen LogP contribution in [0.15, 0.2) is 55.2 Å². The fourth-order valence-electron chi connectivity index (χ4n) is 3.65. The molecule has 0 aliphatic carbocycles. The number of carbonyl (C=O) groups is 1. The third-order valence-corrected chi connectivity index (χ3v) is 4.95. The quantitative estimate of drug-likeness (QED) is 0.712. The van der Waals surface area contributed by atoms with E-state index in [1.54, 1.807) is 12.4 Å². The van der Waals surface area contributed by atoms with Gasteiger partial charge in [0, 0.05) is 37.9 Å². The maximum Gasteiger partial charge on any atom is 0.270 e. The molecule has 6 heteroatoms. The van der Waals surface area contributed by atoms with Gasteiger partial charge < -0.3 is 9.47 Å². The van der Waals surface area contributed by atoms with Crippen LogP contribution in [-0.4, -0.2) is 42.7 Å². The van der Waals surface area contributed by atoms with Gasteiger partial charge in [0.05, 0.1) is 18.8 Å². The highest BCUT2D eigenvalue weighted by molar-refractivity contribution is 5.93. The molecule has 0 N–H and O–H groups in total. The first kappa shape index (κ1) is 16.6. The highest BCUT2D eigenvalue weighted by Crippen LogP contribution is 2.22. The summed E-state index contributed by atoms with van der Waals surface area (Å²) >= 11 is 0. The third-order valence-electron chi connectivity index (χ3n) is 4.95. The normalized spacial score (nSPS) is 17.0.